The second-order valence-electron chi connectivity index (χ2n) is 9.89. The van der Waals surface area contributed by atoms with E-state index in [1.807, 2.05) is 11.8 Å². The SMILES string of the molecule is CCO/N=C(\c1ccc(Br)cc1)C1CCN(C2(C)CCN(C(=O)c3c(C)nn(O)c3C)CC2)CC1. The van der Waals surface area contributed by atoms with Crippen molar-refractivity contribution in [3.63, 3.8) is 0 Å². The summed E-state index contributed by atoms with van der Waals surface area (Å²) in [4.78, 5) is 23.9. The van der Waals surface area contributed by atoms with E-state index in [1.165, 1.54) is 0 Å². The normalized spacial score (nSPS) is 19.7. The quantitative estimate of drug-likeness (QED) is 0.324. The highest BCUT2D eigenvalue weighted by molar-refractivity contribution is 9.10. The van der Waals surface area contributed by atoms with E-state index in [-0.39, 0.29) is 11.4 Å². The Labute approximate surface area is 216 Å². The van der Waals surface area contributed by atoms with Gasteiger partial charge in [-0.2, -0.15) is 0 Å². The third-order valence-electron chi connectivity index (χ3n) is 7.69. The van der Waals surface area contributed by atoms with Gasteiger partial charge in [-0.15, -0.1) is 9.94 Å². The van der Waals surface area contributed by atoms with E-state index < -0.39 is 0 Å². The number of carbonyl (C=O) groups excluding carboxylic acids is 1. The molecule has 190 valence electrons. The Morgan fingerprint density at radius 2 is 1.80 bits per heavy atom. The van der Waals surface area contributed by atoms with Gasteiger partial charge in [0.2, 0.25) is 0 Å². The molecule has 2 aliphatic heterocycles. The summed E-state index contributed by atoms with van der Waals surface area (Å²) in [5, 5.41) is 18.3. The molecule has 0 saturated carbocycles. The molecule has 3 heterocycles. The van der Waals surface area contributed by atoms with Gasteiger partial charge in [0, 0.05) is 29.0 Å². The number of oxime groups is 1. The van der Waals surface area contributed by atoms with Gasteiger partial charge in [-0.05, 0) is 84.2 Å². The van der Waals surface area contributed by atoms with Crippen LogP contribution in [0.4, 0.5) is 0 Å². The van der Waals surface area contributed by atoms with Crippen LogP contribution < -0.4 is 0 Å². The maximum atomic E-state index is 13.1. The zero-order chi connectivity index (χ0) is 25.2. The number of likely N-dealkylation sites (tertiary alicyclic amines) is 2. The monoisotopic (exact) mass is 545 g/mol. The van der Waals surface area contributed by atoms with Crippen LogP contribution in [0.25, 0.3) is 0 Å². The molecule has 2 saturated heterocycles. The third-order valence-corrected chi connectivity index (χ3v) is 8.22. The number of rotatable bonds is 6. The van der Waals surface area contributed by atoms with Crippen LogP contribution in [0, 0.1) is 19.8 Å². The van der Waals surface area contributed by atoms with Crippen molar-refractivity contribution in [2.24, 2.45) is 11.1 Å². The molecule has 8 nitrogen and oxygen atoms in total. The van der Waals surface area contributed by atoms with Crippen LogP contribution >= 0.6 is 15.9 Å². The predicted octanol–water partition coefficient (Wildman–Crippen LogP) is 4.65. The first kappa shape index (κ1) is 25.7. The van der Waals surface area contributed by atoms with Gasteiger partial charge in [0.15, 0.2) is 0 Å². The third kappa shape index (κ3) is 5.40. The largest absolute Gasteiger partial charge is 0.411 e. The minimum absolute atomic E-state index is 0.0349. The summed E-state index contributed by atoms with van der Waals surface area (Å²) in [5.41, 5.74) is 3.82. The predicted molar refractivity (Wildman–Crippen MR) is 139 cm³/mol. The molecule has 0 bridgehead atoms. The van der Waals surface area contributed by atoms with Crippen molar-refractivity contribution < 1.29 is 14.8 Å². The second kappa shape index (κ2) is 10.7. The van der Waals surface area contributed by atoms with Crippen molar-refractivity contribution in [1.82, 2.24) is 19.7 Å². The summed E-state index contributed by atoms with van der Waals surface area (Å²) in [6.45, 7) is 11.8. The van der Waals surface area contributed by atoms with Crippen LogP contribution in [-0.4, -0.2) is 74.9 Å². The summed E-state index contributed by atoms with van der Waals surface area (Å²) in [6, 6.07) is 8.31. The molecule has 0 spiro atoms. The minimum Gasteiger partial charge on any atom is -0.411 e. The van der Waals surface area contributed by atoms with Crippen molar-refractivity contribution in [2.75, 3.05) is 32.8 Å². The Balaban J connectivity index is 1.37. The Kier molecular flexibility index (Phi) is 7.86. The van der Waals surface area contributed by atoms with Gasteiger partial charge in [-0.1, -0.05) is 33.2 Å². The lowest BCUT2D eigenvalue weighted by atomic mass is 9.82. The average molecular weight is 547 g/mol. The van der Waals surface area contributed by atoms with E-state index in [4.69, 9.17) is 4.84 Å². The zero-order valence-electron chi connectivity index (χ0n) is 21.1. The van der Waals surface area contributed by atoms with Gasteiger partial charge < -0.3 is 14.9 Å². The molecule has 1 aromatic carbocycles. The molecule has 2 aliphatic rings. The van der Waals surface area contributed by atoms with Crippen LogP contribution in [-0.2, 0) is 4.84 Å². The van der Waals surface area contributed by atoms with Crippen molar-refractivity contribution >= 4 is 27.5 Å². The summed E-state index contributed by atoms with van der Waals surface area (Å²) in [5.74, 6) is 0.331. The lowest BCUT2D eigenvalue weighted by Gasteiger charge is -2.49. The van der Waals surface area contributed by atoms with Gasteiger partial charge in [0.05, 0.1) is 22.7 Å². The molecule has 1 N–H and O–H groups in total. The molecule has 0 radical (unpaired) electrons. The number of aryl methyl sites for hydroxylation is 1. The number of benzene rings is 1. The first-order valence-electron chi connectivity index (χ1n) is 12.5. The first-order valence-corrected chi connectivity index (χ1v) is 13.3. The maximum Gasteiger partial charge on any atom is 0.257 e. The van der Waals surface area contributed by atoms with Gasteiger partial charge in [-0.3, -0.25) is 9.69 Å². The van der Waals surface area contributed by atoms with Gasteiger partial charge in [0.25, 0.3) is 5.91 Å². The summed E-state index contributed by atoms with van der Waals surface area (Å²) < 4.78 is 1.06. The number of halogens is 1. The van der Waals surface area contributed by atoms with Gasteiger partial charge >= 0.3 is 0 Å². The molecule has 2 aromatic rings. The molecule has 0 unspecified atom stereocenters. The number of aromatic nitrogens is 2. The Morgan fingerprint density at radius 3 is 2.34 bits per heavy atom. The van der Waals surface area contributed by atoms with E-state index in [0.717, 1.165) is 59.4 Å². The number of amides is 1. The van der Waals surface area contributed by atoms with Gasteiger partial charge in [-0.25, -0.2) is 0 Å². The maximum absolute atomic E-state index is 13.1. The first-order chi connectivity index (χ1) is 16.7. The fourth-order valence-corrected chi connectivity index (χ4v) is 5.68. The number of piperidine rings is 2. The van der Waals surface area contributed by atoms with Crippen molar-refractivity contribution in [3.05, 3.63) is 51.3 Å². The molecule has 1 aromatic heterocycles. The van der Waals surface area contributed by atoms with Crippen molar-refractivity contribution in [1.29, 1.82) is 0 Å². The highest BCUT2D eigenvalue weighted by Gasteiger charge is 2.40. The van der Waals surface area contributed by atoms with Gasteiger partial charge in [0.1, 0.15) is 6.61 Å². The lowest BCUT2D eigenvalue weighted by Crippen LogP contribution is -2.56. The Morgan fingerprint density at radius 1 is 1.17 bits per heavy atom. The Bertz CT molecular complexity index is 1070. The number of hydrogen-bond acceptors (Lipinski definition) is 6. The topological polar surface area (TPSA) is 83.2 Å². The number of carbonyl (C=O) groups is 1. The molecule has 1 amide bonds. The van der Waals surface area contributed by atoms with E-state index in [2.05, 4.69) is 62.3 Å². The number of nitrogens with zero attached hydrogens (tertiary/aromatic N) is 5. The fraction of sp³-hybridized carbons (Fsp3) is 0.577. The molecule has 9 heteroatoms. The van der Waals surface area contributed by atoms with Crippen LogP contribution in [0.15, 0.2) is 33.9 Å². The molecule has 35 heavy (non-hydrogen) atoms. The van der Waals surface area contributed by atoms with Crippen molar-refractivity contribution in [2.45, 2.75) is 58.9 Å². The van der Waals surface area contributed by atoms with Crippen LogP contribution in [0.1, 0.15) is 66.8 Å². The van der Waals surface area contributed by atoms with E-state index in [1.54, 1.807) is 13.8 Å². The molecule has 0 atom stereocenters. The van der Waals surface area contributed by atoms with Crippen LogP contribution in [0.5, 0.6) is 0 Å². The average Bonchev–Trinajstić information content (AvgIpc) is 3.11. The van der Waals surface area contributed by atoms with E-state index >= 15 is 0 Å². The molecule has 0 aliphatic carbocycles. The molecular weight excluding hydrogens is 510 g/mol. The summed E-state index contributed by atoms with van der Waals surface area (Å²) >= 11 is 3.52. The number of hydrogen-bond donors (Lipinski definition) is 1. The smallest absolute Gasteiger partial charge is 0.257 e. The fourth-order valence-electron chi connectivity index (χ4n) is 5.41. The zero-order valence-corrected chi connectivity index (χ0v) is 22.7. The molecule has 4 rings (SSSR count). The molecular formula is C26H36BrN5O3. The molecule has 2 fully saturated rings. The standard InChI is InChI=1S/C26H36BrN5O3/c1-5-35-29-24(20-6-8-22(27)9-7-20)21-10-14-31(15-11-21)26(4)12-16-30(17-13-26)25(33)23-18(2)28-32(34)19(23)3/h6-9,21,34H,5,10-17H2,1-4H3/b29-24+. The van der Waals surface area contributed by atoms with Crippen molar-refractivity contribution in [3.8, 4) is 0 Å². The van der Waals surface area contributed by atoms with Crippen LogP contribution in [0.3, 0.4) is 0 Å². The summed E-state index contributed by atoms with van der Waals surface area (Å²) in [7, 11) is 0. The summed E-state index contributed by atoms with van der Waals surface area (Å²) in [6.07, 6.45) is 3.94. The van der Waals surface area contributed by atoms with E-state index in [9.17, 15) is 10.0 Å². The second-order valence-corrected chi connectivity index (χ2v) is 10.8. The highest BCUT2D eigenvalue weighted by atomic mass is 79.9. The van der Waals surface area contributed by atoms with E-state index in [0.29, 0.717) is 42.6 Å². The minimum atomic E-state index is -0.0349. The lowest BCUT2D eigenvalue weighted by molar-refractivity contribution is 0.0160. The van der Waals surface area contributed by atoms with Crippen LogP contribution in [0.2, 0.25) is 0 Å². The highest BCUT2D eigenvalue weighted by Crippen LogP contribution is 2.34. The Hall–Kier alpha value is -2.39.